The number of aromatic nitrogens is 3. The number of nitrogens with zero attached hydrogens (tertiary/aromatic N) is 3. The van der Waals surface area contributed by atoms with Crippen molar-refractivity contribution >= 4 is 11.6 Å². The number of halogens is 3. The monoisotopic (exact) mass is 329 g/mol. The molecule has 2 aromatic heterocycles. The van der Waals surface area contributed by atoms with Crippen LogP contribution in [0.15, 0.2) is 42.6 Å². The Morgan fingerprint density at radius 2 is 1.83 bits per heavy atom. The van der Waals surface area contributed by atoms with E-state index in [2.05, 4.69) is 10.1 Å². The molecule has 0 unspecified atom stereocenters. The molecule has 3 rings (SSSR count). The molecule has 1 aromatic carbocycles. The van der Waals surface area contributed by atoms with E-state index >= 15 is 0 Å². The first kappa shape index (κ1) is 17.5. The third-order valence-electron chi connectivity index (χ3n) is 3.05. The Hall–Kier alpha value is -1.90. The molecule has 9 heteroatoms. The minimum atomic E-state index is -4.71. The van der Waals surface area contributed by atoms with Gasteiger partial charge in [-0.25, -0.2) is 9.50 Å². The Morgan fingerprint density at radius 1 is 1.17 bits per heavy atom. The summed E-state index contributed by atoms with van der Waals surface area (Å²) in [4.78, 5) is 15.0. The van der Waals surface area contributed by atoms with Crippen molar-refractivity contribution in [2.45, 2.75) is 6.18 Å². The summed E-state index contributed by atoms with van der Waals surface area (Å²) < 4.78 is 40.0. The number of carboxylic acid groups (broad SMARTS) is 1. The van der Waals surface area contributed by atoms with E-state index in [4.69, 9.17) is 0 Å². The van der Waals surface area contributed by atoms with Crippen molar-refractivity contribution in [3.63, 3.8) is 0 Å². The number of hydrogen-bond donors (Lipinski definition) is 0. The van der Waals surface area contributed by atoms with Gasteiger partial charge in [-0.1, -0.05) is 30.3 Å². The number of carboxylic acids is 1. The molecule has 0 bridgehead atoms. The molecule has 23 heavy (non-hydrogen) atoms. The second-order valence-corrected chi connectivity index (χ2v) is 4.47. The van der Waals surface area contributed by atoms with Gasteiger partial charge >= 0.3 is 35.7 Å². The predicted molar refractivity (Wildman–Crippen MR) is 67.8 cm³/mol. The largest absolute Gasteiger partial charge is 1.00 e. The fourth-order valence-electron chi connectivity index (χ4n) is 2.07. The van der Waals surface area contributed by atoms with Crippen LogP contribution in [0.25, 0.3) is 16.9 Å². The van der Waals surface area contributed by atoms with Gasteiger partial charge in [0.15, 0.2) is 11.3 Å². The first-order valence-electron chi connectivity index (χ1n) is 6.10. The van der Waals surface area contributed by atoms with Crippen molar-refractivity contribution in [3.05, 3.63) is 53.9 Å². The minimum Gasteiger partial charge on any atom is -0.545 e. The van der Waals surface area contributed by atoms with E-state index in [-0.39, 0.29) is 35.3 Å². The molecule has 0 amide bonds. The van der Waals surface area contributed by atoms with Gasteiger partial charge in [-0.15, -0.1) is 0 Å². The molecular formula is C14H7F3N3NaO2. The van der Waals surface area contributed by atoms with Crippen molar-refractivity contribution < 1.29 is 52.6 Å². The number of alkyl halides is 3. The number of fused-ring (bicyclic) bond motifs is 1. The van der Waals surface area contributed by atoms with Gasteiger partial charge in [0.25, 0.3) is 0 Å². The quantitative estimate of drug-likeness (QED) is 0.553. The summed E-state index contributed by atoms with van der Waals surface area (Å²) in [6.07, 6.45) is -3.92. The molecule has 2 heterocycles. The van der Waals surface area contributed by atoms with Gasteiger partial charge in [-0.2, -0.15) is 18.3 Å². The van der Waals surface area contributed by atoms with Crippen LogP contribution in [-0.2, 0) is 6.18 Å². The van der Waals surface area contributed by atoms with E-state index in [1.807, 2.05) is 0 Å². The second-order valence-electron chi connectivity index (χ2n) is 4.47. The van der Waals surface area contributed by atoms with Crippen molar-refractivity contribution in [2.24, 2.45) is 0 Å². The van der Waals surface area contributed by atoms with Gasteiger partial charge in [0.05, 0.1) is 23.4 Å². The van der Waals surface area contributed by atoms with Crippen LogP contribution < -0.4 is 34.7 Å². The fourth-order valence-corrected chi connectivity index (χ4v) is 2.07. The van der Waals surface area contributed by atoms with E-state index < -0.39 is 29.1 Å². The van der Waals surface area contributed by atoms with Crippen LogP contribution in [-0.4, -0.2) is 20.6 Å². The van der Waals surface area contributed by atoms with Crippen LogP contribution in [0.5, 0.6) is 0 Å². The first-order chi connectivity index (χ1) is 10.4. The zero-order chi connectivity index (χ0) is 15.9. The second kappa shape index (κ2) is 6.31. The molecule has 0 N–H and O–H groups in total. The van der Waals surface area contributed by atoms with Gasteiger partial charge < -0.3 is 9.90 Å². The SMILES string of the molecule is O=C([O-])c1cnn2c(C(F)(F)F)cc(-c3ccccc3)nc12.[Na+]. The maximum atomic E-state index is 13.2. The fraction of sp³-hybridized carbons (Fsp3) is 0.0714. The summed E-state index contributed by atoms with van der Waals surface area (Å²) >= 11 is 0. The topological polar surface area (TPSA) is 70.3 Å². The third kappa shape index (κ3) is 3.24. The smallest absolute Gasteiger partial charge is 0.545 e. The van der Waals surface area contributed by atoms with E-state index in [0.717, 1.165) is 12.3 Å². The van der Waals surface area contributed by atoms with Gasteiger partial charge in [-0.05, 0) is 6.07 Å². The number of carbonyl (C=O) groups excluding carboxylic acids is 1. The number of carbonyl (C=O) groups is 1. The van der Waals surface area contributed by atoms with Crippen LogP contribution in [0, 0.1) is 0 Å². The van der Waals surface area contributed by atoms with Gasteiger partial charge in [-0.3, -0.25) is 0 Å². The summed E-state index contributed by atoms with van der Waals surface area (Å²) in [6.45, 7) is 0. The van der Waals surface area contributed by atoms with Crippen LogP contribution in [0.4, 0.5) is 13.2 Å². The van der Waals surface area contributed by atoms with Gasteiger partial charge in [0.2, 0.25) is 0 Å². The molecular weight excluding hydrogens is 322 g/mol. The summed E-state index contributed by atoms with van der Waals surface area (Å²) in [6, 6.07) is 8.98. The zero-order valence-corrected chi connectivity index (χ0v) is 13.8. The van der Waals surface area contributed by atoms with Crippen molar-refractivity contribution in [1.82, 2.24) is 14.6 Å². The van der Waals surface area contributed by atoms with Crippen molar-refractivity contribution in [2.75, 3.05) is 0 Å². The van der Waals surface area contributed by atoms with Crippen molar-refractivity contribution in [1.29, 1.82) is 0 Å². The Morgan fingerprint density at radius 3 is 2.39 bits per heavy atom. The summed E-state index contributed by atoms with van der Waals surface area (Å²) in [5.41, 5.74) is -1.58. The maximum absolute atomic E-state index is 13.2. The van der Waals surface area contributed by atoms with E-state index in [9.17, 15) is 23.1 Å². The first-order valence-corrected chi connectivity index (χ1v) is 6.10. The normalized spacial score (nSPS) is 11.3. The average Bonchev–Trinajstić information content (AvgIpc) is 2.90. The number of rotatable bonds is 2. The van der Waals surface area contributed by atoms with E-state index in [0.29, 0.717) is 10.1 Å². The Balaban J connectivity index is 0.00000192. The predicted octanol–water partition coefficient (Wildman–Crippen LogP) is -1.22. The van der Waals surface area contributed by atoms with Crippen LogP contribution in [0.2, 0.25) is 0 Å². The Bertz CT molecular complexity index is 863. The number of hydrogen-bond acceptors (Lipinski definition) is 4. The standard InChI is InChI=1S/C14H8F3N3O2.Na/c15-14(16,17)11-6-10(8-4-2-1-3-5-8)19-12-9(13(21)22)7-18-20(11)12;/h1-7H,(H,21,22);/q;+1/p-1. The maximum Gasteiger partial charge on any atom is 1.00 e. The van der Waals surface area contributed by atoms with E-state index in [1.165, 1.54) is 0 Å². The van der Waals surface area contributed by atoms with Crippen molar-refractivity contribution in [3.8, 4) is 11.3 Å². The summed E-state index contributed by atoms with van der Waals surface area (Å²) in [7, 11) is 0. The number of benzene rings is 1. The molecule has 0 aliphatic rings. The van der Waals surface area contributed by atoms with Crippen LogP contribution >= 0.6 is 0 Å². The van der Waals surface area contributed by atoms with Crippen LogP contribution in [0.1, 0.15) is 16.1 Å². The zero-order valence-electron chi connectivity index (χ0n) is 11.8. The number of aromatic carboxylic acids is 1. The minimum absolute atomic E-state index is 0. The van der Waals surface area contributed by atoms with Crippen LogP contribution in [0.3, 0.4) is 0 Å². The molecule has 0 spiro atoms. The van der Waals surface area contributed by atoms with Gasteiger partial charge in [0.1, 0.15) is 0 Å². The summed E-state index contributed by atoms with van der Waals surface area (Å²) in [5.74, 6) is -1.64. The van der Waals surface area contributed by atoms with Gasteiger partial charge in [0, 0.05) is 5.56 Å². The average molecular weight is 329 g/mol. The molecule has 0 aliphatic heterocycles. The molecule has 0 radical (unpaired) electrons. The molecule has 112 valence electrons. The molecule has 0 saturated heterocycles. The Kier molecular flexibility index (Phi) is 4.79. The molecule has 5 nitrogen and oxygen atoms in total. The molecule has 0 atom stereocenters. The molecule has 0 aliphatic carbocycles. The molecule has 0 saturated carbocycles. The van der Waals surface area contributed by atoms with E-state index in [1.54, 1.807) is 30.3 Å². The summed E-state index contributed by atoms with van der Waals surface area (Å²) in [5, 5.41) is 14.5. The third-order valence-corrected chi connectivity index (χ3v) is 3.05. The Labute approximate surface area is 150 Å². The molecule has 0 fully saturated rings. The molecule has 3 aromatic rings.